The van der Waals surface area contributed by atoms with Crippen LogP contribution in [0.2, 0.25) is 0 Å². The average molecular weight is 236 g/mol. The lowest BCUT2D eigenvalue weighted by molar-refractivity contribution is -0.194. The quantitative estimate of drug-likeness (QED) is 0.602. The van der Waals surface area contributed by atoms with Crippen LogP contribution in [0.4, 0.5) is 0 Å². The van der Waals surface area contributed by atoms with Gasteiger partial charge in [-0.3, -0.25) is 0 Å². The Morgan fingerprint density at radius 1 is 1.12 bits per heavy atom. The Labute approximate surface area is 100 Å². The number of aliphatic hydroxyl groups excluding tert-OH is 1. The number of methoxy groups -OCH3 is 3. The summed E-state index contributed by atoms with van der Waals surface area (Å²) in [6.07, 6.45) is 2.58. The lowest BCUT2D eigenvalue weighted by Gasteiger charge is -2.23. The summed E-state index contributed by atoms with van der Waals surface area (Å²) in [5.74, 6) is -0.375. The van der Waals surface area contributed by atoms with E-state index in [-0.39, 0.29) is 5.79 Å². The second-order valence-electron chi connectivity index (χ2n) is 3.33. The molecule has 0 spiro atoms. The Morgan fingerprint density at radius 3 is 1.50 bits per heavy atom. The minimum absolute atomic E-state index is 0.375. The van der Waals surface area contributed by atoms with Gasteiger partial charge in [0.25, 0.3) is 0 Å². The fraction of sp³-hybridized carbons (Fsp3) is 0.833. The van der Waals surface area contributed by atoms with E-state index in [0.29, 0.717) is 0 Å². The highest BCUT2D eigenvalue weighted by Gasteiger charge is 2.18. The molecule has 100 valence electrons. The molecule has 0 bridgehead atoms. The normalized spacial score (nSPS) is 9.06. The van der Waals surface area contributed by atoms with Crippen LogP contribution < -0.4 is 0 Å². The molecule has 0 saturated carbocycles. The van der Waals surface area contributed by atoms with Crippen molar-refractivity contribution in [1.29, 1.82) is 0 Å². The van der Waals surface area contributed by atoms with Crippen LogP contribution in [0.15, 0.2) is 11.8 Å². The summed E-state index contributed by atoms with van der Waals surface area (Å²) in [7, 11) is 5.94. The van der Waals surface area contributed by atoms with Gasteiger partial charge in [0.05, 0.1) is 13.4 Å². The van der Waals surface area contributed by atoms with E-state index in [0.717, 1.165) is 13.5 Å². The molecule has 0 rings (SSSR count). The van der Waals surface area contributed by atoms with Crippen LogP contribution in [0.5, 0.6) is 0 Å². The number of allylic oxidation sites excluding steroid dienone is 1. The van der Waals surface area contributed by atoms with Crippen LogP contribution in [0.25, 0.3) is 0 Å². The summed E-state index contributed by atoms with van der Waals surface area (Å²) in [6, 6.07) is 0. The van der Waals surface area contributed by atoms with E-state index >= 15 is 0 Å². The zero-order valence-corrected chi connectivity index (χ0v) is 12.0. The molecular weight excluding hydrogens is 208 g/mol. The van der Waals surface area contributed by atoms with Crippen molar-refractivity contribution in [3.63, 3.8) is 0 Å². The molecule has 4 heteroatoms. The summed E-state index contributed by atoms with van der Waals surface area (Å²) in [5, 5.41) is 7.00. The van der Waals surface area contributed by atoms with Gasteiger partial charge < -0.3 is 19.3 Å². The zero-order chi connectivity index (χ0) is 13.6. The molecule has 4 nitrogen and oxygen atoms in total. The minimum Gasteiger partial charge on any atom is -0.504 e. The predicted octanol–water partition coefficient (Wildman–Crippen LogP) is 2.57. The largest absolute Gasteiger partial charge is 0.504 e. The van der Waals surface area contributed by atoms with Crippen LogP contribution >= 0.6 is 0 Å². The van der Waals surface area contributed by atoms with Gasteiger partial charge >= 0.3 is 0 Å². The molecule has 1 N–H and O–H groups in total. The van der Waals surface area contributed by atoms with Gasteiger partial charge in [-0.15, -0.1) is 0 Å². The highest BCUT2D eigenvalue weighted by molar-refractivity contribution is 4.85. The minimum atomic E-state index is -0.375. The molecule has 0 aliphatic carbocycles. The van der Waals surface area contributed by atoms with Crippen molar-refractivity contribution in [3.05, 3.63) is 11.8 Å². The predicted molar refractivity (Wildman–Crippen MR) is 67.3 cm³/mol. The first kappa shape index (κ1) is 20.8. The van der Waals surface area contributed by atoms with Crippen LogP contribution in [0.1, 0.15) is 34.1 Å². The van der Waals surface area contributed by atoms with Crippen molar-refractivity contribution in [2.24, 2.45) is 0 Å². The Balaban J connectivity index is -0.000000188. The van der Waals surface area contributed by atoms with Crippen molar-refractivity contribution < 1.29 is 19.3 Å². The number of hydrogen-bond acceptors (Lipinski definition) is 4. The Hall–Kier alpha value is -0.580. The first-order valence-corrected chi connectivity index (χ1v) is 5.17. The molecule has 0 aliphatic heterocycles. The maximum Gasteiger partial charge on any atom is 0.164 e. The first-order chi connectivity index (χ1) is 7.45. The lowest BCUT2D eigenvalue weighted by Crippen LogP contribution is -2.27. The van der Waals surface area contributed by atoms with Gasteiger partial charge in [-0.2, -0.15) is 0 Å². The molecule has 0 atom stereocenters. The molecule has 0 aromatic carbocycles. The van der Waals surface area contributed by atoms with Gasteiger partial charge in [-0.1, -0.05) is 6.92 Å². The van der Waals surface area contributed by atoms with Crippen molar-refractivity contribution in [3.8, 4) is 0 Å². The second kappa shape index (κ2) is 14.4. The van der Waals surface area contributed by atoms with Crippen molar-refractivity contribution in [2.75, 3.05) is 28.4 Å². The third kappa shape index (κ3) is 15.9. The highest BCUT2D eigenvalue weighted by atomic mass is 16.7. The molecule has 16 heavy (non-hydrogen) atoms. The SMILES string of the molecule is CCC(C)(OC)OC.CO.COC=C(C)C. The molecule has 0 unspecified atom stereocenters. The lowest BCUT2D eigenvalue weighted by atomic mass is 10.2. The van der Waals surface area contributed by atoms with Gasteiger partial charge in [0, 0.05) is 21.3 Å². The van der Waals surface area contributed by atoms with E-state index in [1.54, 1.807) is 27.6 Å². The van der Waals surface area contributed by atoms with Gasteiger partial charge in [0.15, 0.2) is 5.79 Å². The second-order valence-corrected chi connectivity index (χ2v) is 3.33. The molecule has 0 aliphatic rings. The molecule has 0 fully saturated rings. The van der Waals surface area contributed by atoms with Crippen molar-refractivity contribution in [2.45, 2.75) is 39.9 Å². The molecular formula is C12H28O4. The van der Waals surface area contributed by atoms with Crippen LogP contribution in [0, 0.1) is 0 Å². The summed E-state index contributed by atoms with van der Waals surface area (Å²) < 4.78 is 14.7. The summed E-state index contributed by atoms with van der Waals surface area (Å²) in [4.78, 5) is 0. The number of hydrogen-bond donors (Lipinski definition) is 1. The third-order valence-corrected chi connectivity index (χ3v) is 1.86. The number of aliphatic hydroxyl groups is 1. The van der Waals surface area contributed by atoms with E-state index < -0.39 is 0 Å². The summed E-state index contributed by atoms with van der Waals surface area (Å²) in [5.41, 5.74) is 1.19. The van der Waals surface area contributed by atoms with Gasteiger partial charge in [-0.25, -0.2) is 0 Å². The van der Waals surface area contributed by atoms with E-state index in [4.69, 9.17) is 14.6 Å². The van der Waals surface area contributed by atoms with Gasteiger partial charge in [0.2, 0.25) is 0 Å². The molecule has 0 radical (unpaired) electrons. The fourth-order valence-electron chi connectivity index (χ4n) is 0.608. The standard InChI is InChI=1S/C6H14O2.C5H10O.CH4O/c1-5-6(2,7-3)8-4;1-5(2)4-6-3;1-2/h5H2,1-4H3;4H,1-3H3;2H,1H3. The maximum absolute atomic E-state index is 7.00. The molecule has 0 aromatic heterocycles. The van der Waals surface area contributed by atoms with E-state index in [1.807, 2.05) is 27.7 Å². The molecule has 0 heterocycles. The van der Waals surface area contributed by atoms with E-state index in [9.17, 15) is 0 Å². The summed E-state index contributed by atoms with van der Waals surface area (Å²) >= 11 is 0. The van der Waals surface area contributed by atoms with Crippen LogP contribution in [-0.4, -0.2) is 39.3 Å². The van der Waals surface area contributed by atoms with Gasteiger partial charge in [0.1, 0.15) is 0 Å². The highest BCUT2D eigenvalue weighted by Crippen LogP contribution is 2.12. The number of ether oxygens (including phenoxy) is 3. The smallest absolute Gasteiger partial charge is 0.164 e. The average Bonchev–Trinajstić information content (AvgIpc) is 2.31. The van der Waals surface area contributed by atoms with Crippen LogP contribution in [-0.2, 0) is 14.2 Å². The Bertz CT molecular complexity index is 139. The monoisotopic (exact) mass is 236 g/mol. The zero-order valence-electron chi connectivity index (χ0n) is 12.0. The summed E-state index contributed by atoms with van der Waals surface area (Å²) in [6.45, 7) is 7.91. The van der Waals surface area contributed by atoms with Crippen molar-refractivity contribution in [1.82, 2.24) is 0 Å². The van der Waals surface area contributed by atoms with Crippen molar-refractivity contribution >= 4 is 0 Å². The van der Waals surface area contributed by atoms with Crippen LogP contribution in [0.3, 0.4) is 0 Å². The molecule has 0 aromatic rings. The third-order valence-electron chi connectivity index (χ3n) is 1.86. The Kier molecular flexibility index (Phi) is 18.7. The maximum atomic E-state index is 7.00. The van der Waals surface area contributed by atoms with E-state index in [1.165, 1.54) is 5.57 Å². The fourth-order valence-corrected chi connectivity index (χ4v) is 0.608. The topological polar surface area (TPSA) is 47.9 Å². The molecule has 0 amide bonds. The Morgan fingerprint density at radius 2 is 1.50 bits per heavy atom. The first-order valence-electron chi connectivity index (χ1n) is 5.17. The number of rotatable bonds is 4. The van der Waals surface area contributed by atoms with E-state index in [2.05, 4.69) is 4.74 Å². The molecule has 0 saturated heterocycles. The van der Waals surface area contributed by atoms with Gasteiger partial charge in [-0.05, 0) is 32.8 Å².